The first-order valence-electron chi connectivity index (χ1n) is 5.33. The summed E-state index contributed by atoms with van der Waals surface area (Å²) in [6, 6.07) is 9.10. The molecule has 88 valence electrons. The molecule has 0 bridgehead atoms. The van der Waals surface area contributed by atoms with Gasteiger partial charge < -0.3 is 11.1 Å². The Morgan fingerprint density at radius 3 is 2.59 bits per heavy atom. The number of hydrogen-bond donors (Lipinski definition) is 2. The van der Waals surface area contributed by atoms with Gasteiger partial charge in [-0.2, -0.15) is 4.98 Å². The van der Waals surface area contributed by atoms with Gasteiger partial charge in [-0.1, -0.05) is 18.5 Å². The summed E-state index contributed by atoms with van der Waals surface area (Å²) in [5.74, 6) is 0.970. The van der Waals surface area contributed by atoms with Gasteiger partial charge in [-0.05, 0) is 30.7 Å². The van der Waals surface area contributed by atoms with Crippen molar-refractivity contribution in [1.29, 1.82) is 0 Å². The highest BCUT2D eigenvalue weighted by molar-refractivity contribution is 6.30. The number of aromatic nitrogens is 2. The molecule has 1 aromatic carbocycles. The second-order valence-corrected chi connectivity index (χ2v) is 4.03. The molecule has 3 N–H and O–H groups in total. The molecule has 4 nitrogen and oxygen atoms in total. The van der Waals surface area contributed by atoms with Crippen LogP contribution in [0.15, 0.2) is 30.3 Å². The average molecular weight is 249 g/mol. The lowest BCUT2D eigenvalue weighted by Gasteiger charge is -2.07. The molecular formula is C12H13ClN4. The molecule has 0 aliphatic heterocycles. The number of nitrogen functional groups attached to an aromatic ring is 1. The molecule has 0 radical (unpaired) electrons. The molecule has 5 heteroatoms. The molecule has 17 heavy (non-hydrogen) atoms. The lowest BCUT2D eigenvalue weighted by molar-refractivity contribution is 1.01. The van der Waals surface area contributed by atoms with Crippen LogP contribution in [0.1, 0.15) is 12.6 Å². The Bertz CT molecular complexity index is 510. The van der Waals surface area contributed by atoms with E-state index >= 15 is 0 Å². The van der Waals surface area contributed by atoms with Crippen molar-refractivity contribution in [2.24, 2.45) is 0 Å². The molecule has 0 fully saturated rings. The van der Waals surface area contributed by atoms with Crippen LogP contribution in [0.3, 0.4) is 0 Å². The van der Waals surface area contributed by atoms with Crippen LogP contribution in [0.4, 0.5) is 17.5 Å². The highest BCUT2D eigenvalue weighted by Crippen LogP contribution is 2.17. The van der Waals surface area contributed by atoms with Crippen LogP contribution < -0.4 is 11.1 Å². The summed E-state index contributed by atoms with van der Waals surface area (Å²) >= 11 is 5.81. The Morgan fingerprint density at radius 2 is 1.94 bits per heavy atom. The highest BCUT2D eigenvalue weighted by Gasteiger charge is 2.02. The number of anilines is 3. The fourth-order valence-corrected chi connectivity index (χ4v) is 1.54. The first-order valence-corrected chi connectivity index (χ1v) is 5.71. The minimum absolute atomic E-state index is 0.466. The minimum atomic E-state index is 0.466. The lowest BCUT2D eigenvalue weighted by Crippen LogP contribution is -2.02. The van der Waals surface area contributed by atoms with Crippen LogP contribution in [0.2, 0.25) is 5.02 Å². The standard InChI is InChI=1S/C12H13ClN4/c1-2-9-7-11(14)17-12(15-9)16-10-5-3-8(13)4-6-10/h3-7H,2H2,1H3,(H3,14,15,16,17). The topological polar surface area (TPSA) is 63.8 Å². The molecule has 0 saturated heterocycles. The summed E-state index contributed by atoms with van der Waals surface area (Å²) in [6.07, 6.45) is 0.821. The van der Waals surface area contributed by atoms with Crippen LogP contribution in [0.5, 0.6) is 0 Å². The van der Waals surface area contributed by atoms with Gasteiger partial charge in [-0.25, -0.2) is 4.98 Å². The summed E-state index contributed by atoms with van der Waals surface area (Å²) in [6.45, 7) is 2.02. The predicted molar refractivity (Wildman–Crippen MR) is 70.6 cm³/mol. The van der Waals surface area contributed by atoms with Gasteiger partial charge in [0, 0.05) is 22.5 Å². The van der Waals surface area contributed by atoms with Crippen molar-refractivity contribution in [3.05, 3.63) is 41.0 Å². The summed E-state index contributed by atoms with van der Waals surface area (Å²) in [5, 5.41) is 3.78. The molecule has 0 unspecified atom stereocenters. The zero-order valence-electron chi connectivity index (χ0n) is 9.44. The molecule has 0 saturated carbocycles. The van der Waals surface area contributed by atoms with Crippen molar-refractivity contribution >= 4 is 29.1 Å². The maximum atomic E-state index is 5.81. The van der Waals surface area contributed by atoms with Crippen molar-refractivity contribution in [1.82, 2.24) is 9.97 Å². The van der Waals surface area contributed by atoms with Gasteiger partial charge in [0.2, 0.25) is 5.95 Å². The molecule has 1 heterocycles. The van der Waals surface area contributed by atoms with Crippen molar-refractivity contribution in [2.45, 2.75) is 13.3 Å². The second kappa shape index (κ2) is 5.01. The monoisotopic (exact) mass is 248 g/mol. The average Bonchev–Trinajstić information content (AvgIpc) is 2.31. The second-order valence-electron chi connectivity index (χ2n) is 3.59. The van der Waals surface area contributed by atoms with Crippen LogP contribution in [-0.4, -0.2) is 9.97 Å². The van der Waals surface area contributed by atoms with Gasteiger partial charge in [-0.3, -0.25) is 0 Å². The quantitative estimate of drug-likeness (QED) is 0.876. The maximum Gasteiger partial charge on any atom is 0.229 e. The van der Waals surface area contributed by atoms with Crippen molar-refractivity contribution in [2.75, 3.05) is 11.1 Å². The molecular weight excluding hydrogens is 236 g/mol. The van der Waals surface area contributed by atoms with Gasteiger partial charge in [0.15, 0.2) is 0 Å². The van der Waals surface area contributed by atoms with E-state index in [4.69, 9.17) is 17.3 Å². The van der Waals surface area contributed by atoms with E-state index in [0.29, 0.717) is 16.8 Å². The first kappa shape index (κ1) is 11.7. The lowest BCUT2D eigenvalue weighted by atomic mass is 10.3. The van der Waals surface area contributed by atoms with Gasteiger partial charge in [-0.15, -0.1) is 0 Å². The van der Waals surface area contributed by atoms with Gasteiger partial charge in [0.05, 0.1) is 0 Å². The molecule has 0 aliphatic rings. The summed E-state index contributed by atoms with van der Waals surface area (Å²) in [7, 11) is 0. The number of nitrogens with two attached hydrogens (primary N) is 1. The third kappa shape index (κ3) is 3.07. The molecule has 2 aromatic rings. The van der Waals surface area contributed by atoms with Crippen LogP contribution in [0, 0.1) is 0 Å². The van der Waals surface area contributed by atoms with Gasteiger partial charge in [0.25, 0.3) is 0 Å². The number of nitrogens with zero attached hydrogens (tertiary/aromatic N) is 2. The fourth-order valence-electron chi connectivity index (χ4n) is 1.42. The number of rotatable bonds is 3. The van der Waals surface area contributed by atoms with Crippen LogP contribution in [0.25, 0.3) is 0 Å². The van der Waals surface area contributed by atoms with E-state index in [1.165, 1.54) is 0 Å². The number of aryl methyl sites for hydroxylation is 1. The predicted octanol–water partition coefficient (Wildman–Crippen LogP) is 3.02. The number of nitrogens with one attached hydrogen (secondary N) is 1. The zero-order valence-corrected chi connectivity index (χ0v) is 10.2. The van der Waals surface area contributed by atoms with E-state index in [1.807, 2.05) is 19.1 Å². The van der Waals surface area contributed by atoms with Crippen LogP contribution in [-0.2, 0) is 6.42 Å². The van der Waals surface area contributed by atoms with E-state index in [0.717, 1.165) is 17.8 Å². The summed E-state index contributed by atoms with van der Waals surface area (Å²) in [4.78, 5) is 8.46. The van der Waals surface area contributed by atoms with Gasteiger partial charge >= 0.3 is 0 Å². The molecule has 0 aliphatic carbocycles. The van der Waals surface area contributed by atoms with Crippen molar-refractivity contribution in [3.8, 4) is 0 Å². The summed E-state index contributed by atoms with van der Waals surface area (Å²) < 4.78 is 0. The van der Waals surface area contributed by atoms with E-state index in [-0.39, 0.29) is 0 Å². The third-order valence-corrected chi connectivity index (χ3v) is 2.51. The molecule has 2 rings (SSSR count). The SMILES string of the molecule is CCc1cc(N)nc(Nc2ccc(Cl)cc2)n1. The Morgan fingerprint density at radius 1 is 1.24 bits per heavy atom. The van der Waals surface area contributed by atoms with Crippen molar-refractivity contribution < 1.29 is 0 Å². The number of hydrogen-bond acceptors (Lipinski definition) is 4. The van der Waals surface area contributed by atoms with Gasteiger partial charge in [0.1, 0.15) is 5.82 Å². The normalized spacial score (nSPS) is 10.2. The molecule has 1 aromatic heterocycles. The third-order valence-electron chi connectivity index (χ3n) is 2.26. The smallest absolute Gasteiger partial charge is 0.229 e. The molecule has 0 amide bonds. The highest BCUT2D eigenvalue weighted by atomic mass is 35.5. The number of benzene rings is 1. The van der Waals surface area contributed by atoms with Crippen molar-refractivity contribution in [3.63, 3.8) is 0 Å². The van der Waals surface area contributed by atoms with E-state index in [9.17, 15) is 0 Å². The Balaban J connectivity index is 2.23. The first-order chi connectivity index (χ1) is 8.17. The van der Waals surface area contributed by atoms with E-state index in [1.54, 1.807) is 18.2 Å². The number of halogens is 1. The molecule has 0 atom stereocenters. The Kier molecular flexibility index (Phi) is 3.44. The largest absolute Gasteiger partial charge is 0.384 e. The maximum absolute atomic E-state index is 5.81. The van der Waals surface area contributed by atoms with E-state index < -0.39 is 0 Å². The minimum Gasteiger partial charge on any atom is -0.384 e. The Hall–Kier alpha value is -1.81. The van der Waals surface area contributed by atoms with Crippen LogP contribution >= 0.6 is 11.6 Å². The zero-order chi connectivity index (χ0) is 12.3. The molecule has 0 spiro atoms. The summed E-state index contributed by atoms with van der Waals surface area (Å²) in [5.41, 5.74) is 7.49. The van der Waals surface area contributed by atoms with E-state index in [2.05, 4.69) is 15.3 Å². The fraction of sp³-hybridized carbons (Fsp3) is 0.167. The Labute approximate surface area is 105 Å².